The van der Waals surface area contributed by atoms with E-state index >= 15 is 0 Å². The van der Waals surface area contributed by atoms with Crippen LogP contribution in [-0.4, -0.2) is 69.7 Å². The van der Waals surface area contributed by atoms with Crippen molar-refractivity contribution in [2.24, 2.45) is 0 Å². The van der Waals surface area contributed by atoms with Gasteiger partial charge in [-0.05, 0) is 27.6 Å². The van der Waals surface area contributed by atoms with Gasteiger partial charge in [-0.25, -0.2) is 9.78 Å². The van der Waals surface area contributed by atoms with Gasteiger partial charge in [0.25, 0.3) is 0 Å². The SMILES string of the molecule is O=C(O)NCCC(=O)N1CCN(c2c(Br)cnc3[nH]cc(NCc4cccnc4)c23)CC1. The maximum absolute atomic E-state index is 12.4. The van der Waals surface area contributed by atoms with Crippen LogP contribution < -0.4 is 15.5 Å². The van der Waals surface area contributed by atoms with Crippen LogP contribution in [0.5, 0.6) is 0 Å². The van der Waals surface area contributed by atoms with Crippen LogP contribution in [0.2, 0.25) is 0 Å². The van der Waals surface area contributed by atoms with Crippen molar-refractivity contribution in [3.8, 4) is 0 Å². The number of carbonyl (C=O) groups is 2. The van der Waals surface area contributed by atoms with Crippen LogP contribution in [0.3, 0.4) is 0 Å². The summed E-state index contributed by atoms with van der Waals surface area (Å²) in [4.78, 5) is 38.9. The summed E-state index contributed by atoms with van der Waals surface area (Å²) >= 11 is 3.66. The van der Waals surface area contributed by atoms with E-state index in [1.807, 2.05) is 24.5 Å². The molecule has 1 aliphatic heterocycles. The molecule has 0 unspecified atom stereocenters. The van der Waals surface area contributed by atoms with Crippen molar-refractivity contribution in [2.45, 2.75) is 13.0 Å². The molecule has 0 aliphatic carbocycles. The number of fused-ring (bicyclic) bond motifs is 1. The third kappa shape index (κ3) is 4.93. The quantitative estimate of drug-likeness (QED) is 0.391. The minimum Gasteiger partial charge on any atom is -0.465 e. The molecule has 168 valence electrons. The smallest absolute Gasteiger partial charge is 0.404 e. The van der Waals surface area contributed by atoms with Crippen molar-refractivity contribution in [2.75, 3.05) is 42.9 Å². The fraction of sp³-hybridized carbons (Fsp3) is 0.333. The number of anilines is 2. The number of rotatable bonds is 7. The lowest BCUT2D eigenvalue weighted by Crippen LogP contribution is -2.49. The second kappa shape index (κ2) is 9.86. The number of hydrogen-bond donors (Lipinski definition) is 4. The molecular formula is C21H24BrN7O3. The number of halogens is 1. The molecule has 1 saturated heterocycles. The van der Waals surface area contributed by atoms with Crippen molar-refractivity contribution in [3.05, 3.63) is 47.0 Å². The molecule has 10 nitrogen and oxygen atoms in total. The highest BCUT2D eigenvalue weighted by atomic mass is 79.9. The first kappa shape index (κ1) is 21.9. The molecule has 1 aliphatic rings. The number of amides is 2. The highest BCUT2D eigenvalue weighted by molar-refractivity contribution is 9.10. The number of H-pyrrole nitrogens is 1. The Balaban J connectivity index is 1.47. The maximum Gasteiger partial charge on any atom is 0.404 e. The lowest BCUT2D eigenvalue weighted by molar-refractivity contribution is -0.131. The predicted octanol–water partition coefficient (Wildman–Crippen LogP) is 2.64. The van der Waals surface area contributed by atoms with Gasteiger partial charge in [0.15, 0.2) is 0 Å². The van der Waals surface area contributed by atoms with Gasteiger partial charge in [-0.1, -0.05) is 6.07 Å². The van der Waals surface area contributed by atoms with E-state index in [4.69, 9.17) is 5.11 Å². The lowest BCUT2D eigenvalue weighted by atomic mass is 10.2. The van der Waals surface area contributed by atoms with E-state index in [1.165, 1.54) is 0 Å². The highest BCUT2D eigenvalue weighted by Crippen LogP contribution is 2.38. The summed E-state index contributed by atoms with van der Waals surface area (Å²) in [6.07, 6.45) is 6.33. The van der Waals surface area contributed by atoms with Crippen molar-refractivity contribution in [1.29, 1.82) is 0 Å². The van der Waals surface area contributed by atoms with Gasteiger partial charge in [-0.3, -0.25) is 9.78 Å². The summed E-state index contributed by atoms with van der Waals surface area (Å²) in [7, 11) is 0. The molecule has 4 heterocycles. The van der Waals surface area contributed by atoms with Gasteiger partial charge >= 0.3 is 6.09 Å². The molecule has 32 heavy (non-hydrogen) atoms. The first-order valence-corrected chi connectivity index (χ1v) is 11.1. The van der Waals surface area contributed by atoms with E-state index in [2.05, 4.69) is 46.4 Å². The average Bonchev–Trinajstić information content (AvgIpc) is 3.21. The summed E-state index contributed by atoms with van der Waals surface area (Å²) in [6, 6.07) is 3.93. The number of aromatic amines is 1. The van der Waals surface area contributed by atoms with Crippen LogP contribution in [0.4, 0.5) is 16.2 Å². The van der Waals surface area contributed by atoms with Crippen LogP contribution in [-0.2, 0) is 11.3 Å². The first-order valence-electron chi connectivity index (χ1n) is 10.3. The molecule has 0 atom stereocenters. The maximum atomic E-state index is 12.4. The van der Waals surface area contributed by atoms with E-state index in [0.717, 1.165) is 32.4 Å². The number of piperazine rings is 1. The molecule has 3 aromatic heterocycles. The lowest BCUT2D eigenvalue weighted by Gasteiger charge is -2.37. The van der Waals surface area contributed by atoms with E-state index in [-0.39, 0.29) is 18.9 Å². The topological polar surface area (TPSA) is 126 Å². The number of nitrogens with zero attached hydrogens (tertiary/aromatic N) is 4. The summed E-state index contributed by atoms with van der Waals surface area (Å²) in [5, 5.41) is 15.4. The van der Waals surface area contributed by atoms with Gasteiger partial charge in [0.1, 0.15) is 5.65 Å². The van der Waals surface area contributed by atoms with E-state index < -0.39 is 6.09 Å². The molecule has 3 aromatic rings. The van der Waals surface area contributed by atoms with Crippen molar-refractivity contribution in [1.82, 2.24) is 25.2 Å². The molecule has 0 saturated carbocycles. The van der Waals surface area contributed by atoms with Crippen LogP contribution in [0.1, 0.15) is 12.0 Å². The summed E-state index contributed by atoms with van der Waals surface area (Å²) in [6.45, 7) is 3.25. The highest BCUT2D eigenvalue weighted by Gasteiger charge is 2.25. The Hall–Kier alpha value is -3.34. The largest absolute Gasteiger partial charge is 0.465 e. The molecule has 11 heteroatoms. The predicted molar refractivity (Wildman–Crippen MR) is 125 cm³/mol. The number of carbonyl (C=O) groups excluding carboxylic acids is 1. The number of pyridine rings is 2. The standard InChI is InChI=1S/C21H24BrN7O3/c22-15-12-26-20-18(16(13-27-20)25-11-14-2-1-4-23-10-14)19(15)29-8-6-28(7-9-29)17(30)3-5-24-21(31)32/h1-2,4,10,12-13,24-25H,3,5-9,11H2,(H,26,27)(H,31,32). The fourth-order valence-corrected chi connectivity index (χ4v) is 4.37. The third-order valence-electron chi connectivity index (χ3n) is 5.40. The Morgan fingerprint density at radius 3 is 2.75 bits per heavy atom. The number of nitrogens with one attached hydrogen (secondary N) is 3. The minimum absolute atomic E-state index is 0.0437. The van der Waals surface area contributed by atoms with Crippen LogP contribution in [0.15, 0.2) is 41.4 Å². The zero-order valence-corrected chi connectivity index (χ0v) is 18.9. The van der Waals surface area contributed by atoms with E-state index in [0.29, 0.717) is 32.7 Å². The normalized spacial score (nSPS) is 13.9. The Morgan fingerprint density at radius 1 is 1.22 bits per heavy atom. The van der Waals surface area contributed by atoms with Gasteiger partial charge < -0.3 is 30.5 Å². The van der Waals surface area contributed by atoms with Gasteiger partial charge in [0.05, 0.1) is 21.2 Å². The van der Waals surface area contributed by atoms with E-state index in [9.17, 15) is 9.59 Å². The summed E-state index contributed by atoms with van der Waals surface area (Å²) in [5.74, 6) is -0.0437. The number of carboxylic acid groups (broad SMARTS) is 1. The van der Waals surface area contributed by atoms with E-state index in [1.54, 1.807) is 17.3 Å². The molecule has 0 aromatic carbocycles. The monoisotopic (exact) mass is 501 g/mol. The van der Waals surface area contributed by atoms with Crippen LogP contribution in [0.25, 0.3) is 11.0 Å². The molecule has 0 bridgehead atoms. The molecule has 0 radical (unpaired) electrons. The Bertz CT molecular complexity index is 1100. The molecule has 4 N–H and O–H groups in total. The summed E-state index contributed by atoms with van der Waals surface area (Å²) < 4.78 is 0.888. The molecular weight excluding hydrogens is 478 g/mol. The fourth-order valence-electron chi connectivity index (χ4n) is 3.82. The average molecular weight is 502 g/mol. The molecule has 1 fully saturated rings. The third-order valence-corrected chi connectivity index (χ3v) is 5.98. The van der Waals surface area contributed by atoms with Gasteiger partial charge in [-0.2, -0.15) is 0 Å². The molecule has 0 spiro atoms. The van der Waals surface area contributed by atoms with Gasteiger partial charge in [0.2, 0.25) is 5.91 Å². The second-order valence-corrected chi connectivity index (χ2v) is 8.30. The van der Waals surface area contributed by atoms with Gasteiger partial charge in [0, 0.05) is 70.5 Å². The van der Waals surface area contributed by atoms with Gasteiger partial charge in [-0.15, -0.1) is 0 Å². The Morgan fingerprint density at radius 2 is 2.03 bits per heavy atom. The zero-order valence-electron chi connectivity index (χ0n) is 17.3. The van der Waals surface area contributed by atoms with Crippen molar-refractivity contribution >= 4 is 50.3 Å². The first-order chi connectivity index (χ1) is 15.5. The Labute approximate surface area is 193 Å². The number of aromatic nitrogens is 3. The second-order valence-electron chi connectivity index (χ2n) is 7.45. The van der Waals surface area contributed by atoms with Crippen molar-refractivity contribution < 1.29 is 14.7 Å². The van der Waals surface area contributed by atoms with Crippen LogP contribution in [0, 0.1) is 0 Å². The number of hydrogen-bond acceptors (Lipinski definition) is 6. The summed E-state index contributed by atoms with van der Waals surface area (Å²) in [5.41, 5.74) is 3.85. The Kier molecular flexibility index (Phi) is 6.74. The van der Waals surface area contributed by atoms with Crippen molar-refractivity contribution in [3.63, 3.8) is 0 Å². The zero-order chi connectivity index (χ0) is 22.5. The molecule has 2 amide bonds. The minimum atomic E-state index is -1.12. The molecule has 4 rings (SSSR count). The van der Waals surface area contributed by atoms with Crippen LogP contribution >= 0.6 is 15.9 Å².